The number of anilines is 1. The van der Waals surface area contributed by atoms with E-state index in [4.69, 9.17) is 28.4 Å². The van der Waals surface area contributed by atoms with Crippen LogP contribution in [-0.4, -0.2) is 138 Å². The van der Waals surface area contributed by atoms with Gasteiger partial charge < -0.3 is 54.4 Å². The number of sulfonamides is 1. The van der Waals surface area contributed by atoms with E-state index in [1.54, 1.807) is 118 Å². The van der Waals surface area contributed by atoms with Crippen LogP contribution in [0.5, 0.6) is 5.75 Å². The maximum absolute atomic E-state index is 15.5. The van der Waals surface area contributed by atoms with E-state index in [-0.39, 0.29) is 46.2 Å². The van der Waals surface area contributed by atoms with Crippen molar-refractivity contribution in [2.75, 3.05) is 25.6 Å². The number of ketones is 1. The van der Waals surface area contributed by atoms with Crippen LogP contribution in [0.15, 0.2) is 180 Å². The molecular weight excluding hydrogens is 1220 g/mol. The van der Waals surface area contributed by atoms with Gasteiger partial charge in [-0.05, 0) is 110 Å². The van der Waals surface area contributed by atoms with E-state index in [9.17, 15) is 47.7 Å². The monoisotopic (exact) mass is 1300 g/mol. The Morgan fingerprint density at radius 3 is 2.05 bits per heavy atom. The number of hydrogen-bond acceptors (Lipinski definition) is 19. The third-order valence-electron chi connectivity index (χ3n) is 18.9. The molecule has 1 amide bonds. The number of hydrogen-bond donors (Lipinski definition) is 6. The van der Waals surface area contributed by atoms with Gasteiger partial charge in [0.1, 0.15) is 29.7 Å². The number of methoxy groups -OCH3 is 1. The van der Waals surface area contributed by atoms with Gasteiger partial charge in [-0.3, -0.25) is 24.2 Å². The Morgan fingerprint density at radius 1 is 0.777 bits per heavy atom. The van der Waals surface area contributed by atoms with E-state index in [0.29, 0.717) is 18.5 Å². The highest BCUT2D eigenvalue weighted by molar-refractivity contribution is 7.89. The SMILES string of the molecule is CC(=O)O[C@H]1C(=O)[C@@]2(C)C([C@H](OC(=O)c3ccccc3)[C@]3(O)C[C@H](OC(=O)[C@H](O)[C@@H](NC(=O)c4ccccc4)c4ccccc4)C(C)=C1C3(C)C)[C@]1(OC(C)=O)CO[C@@H]1C[C@@H]2O.COc1cc(NC(C)CCCNS(=O)(=O)c2ccc3ccccc3c2)c2ncccc2c1. The summed E-state index contributed by atoms with van der Waals surface area (Å²) in [5.74, 6) is -6.07. The Morgan fingerprint density at radius 2 is 1.41 bits per heavy atom. The Bertz CT molecular complexity index is 4140. The number of pyridine rings is 1. The van der Waals surface area contributed by atoms with Gasteiger partial charge in [0.25, 0.3) is 5.91 Å². The minimum atomic E-state index is -3.54. The summed E-state index contributed by atoms with van der Waals surface area (Å²) in [4.78, 5) is 88.2. The third-order valence-corrected chi connectivity index (χ3v) is 20.4. The number of esters is 4. The normalized spacial score (nSPS) is 25.3. The molecular formula is C72H78N4O17S. The van der Waals surface area contributed by atoms with Crippen molar-refractivity contribution in [2.45, 2.75) is 139 Å². The number of aliphatic hydroxyl groups is 3. The molecule has 6 aromatic carbocycles. The van der Waals surface area contributed by atoms with E-state index in [0.717, 1.165) is 53.4 Å². The van der Waals surface area contributed by atoms with Gasteiger partial charge in [-0.15, -0.1) is 0 Å². The largest absolute Gasteiger partial charge is 0.497 e. The molecule has 6 N–H and O–H groups in total. The number of Topliss-reactive ketones (excluding diaryl/α,β-unsaturated/α-hetero) is 1. The molecule has 2 unspecified atom stereocenters. The summed E-state index contributed by atoms with van der Waals surface area (Å²) in [6.07, 6.45) is -7.24. The first-order valence-electron chi connectivity index (χ1n) is 31.1. The van der Waals surface area contributed by atoms with Crippen LogP contribution in [0.1, 0.15) is 106 Å². The van der Waals surface area contributed by atoms with Crippen LogP contribution in [0, 0.1) is 16.7 Å². The van der Waals surface area contributed by atoms with Crippen molar-refractivity contribution < 1.29 is 80.9 Å². The summed E-state index contributed by atoms with van der Waals surface area (Å²) in [5.41, 5.74) is -5.23. The average molecular weight is 1300 g/mol. The van der Waals surface area contributed by atoms with Gasteiger partial charge in [-0.2, -0.15) is 0 Å². The summed E-state index contributed by atoms with van der Waals surface area (Å²) in [6.45, 7) is 10.4. The van der Waals surface area contributed by atoms with Gasteiger partial charge in [0.05, 0.1) is 58.9 Å². The van der Waals surface area contributed by atoms with Crippen molar-refractivity contribution in [3.05, 3.63) is 192 Å². The zero-order chi connectivity index (χ0) is 67.5. The fourth-order valence-corrected chi connectivity index (χ4v) is 15.1. The molecule has 7 aromatic rings. The zero-order valence-electron chi connectivity index (χ0n) is 53.4. The molecule has 0 radical (unpaired) electrons. The van der Waals surface area contributed by atoms with Gasteiger partial charge in [0.15, 0.2) is 23.6 Å². The van der Waals surface area contributed by atoms with Crippen molar-refractivity contribution in [3.8, 4) is 5.75 Å². The molecule has 1 aromatic heterocycles. The Balaban J connectivity index is 0.000000252. The number of nitrogens with one attached hydrogen (secondary N) is 3. The lowest BCUT2D eigenvalue weighted by molar-refractivity contribution is -0.346. The van der Waals surface area contributed by atoms with E-state index in [1.165, 1.54) is 26.0 Å². The molecule has 2 heterocycles. The first kappa shape index (κ1) is 68.0. The molecule has 2 saturated carbocycles. The number of rotatable bonds is 19. The number of carbonyl (C=O) groups excluding carboxylic acids is 6. The molecule has 22 heteroatoms. The Labute approximate surface area is 545 Å². The molecule has 3 fully saturated rings. The van der Waals surface area contributed by atoms with Gasteiger partial charge in [0.2, 0.25) is 10.0 Å². The lowest BCUT2D eigenvalue weighted by Gasteiger charge is -2.67. The molecule has 94 heavy (non-hydrogen) atoms. The number of nitrogens with zero attached hydrogens (tertiary/aromatic N) is 1. The van der Waals surface area contributed by atoms with Crippen LogP contribution in [0.3, 0.4) is 0 Å². The molecule has 2 bridgehead atoms. The highest BCUT2D eigenvalue weighted by Crippen LogP contribution is 2.64. The predicted molar refractivity (Wildman–Crippen MR) is 347 cm³/mol. The molecule has 12 atom stereocenters. The van der Waals surface area contributed by atoms with Gasteiger partial charge in [0, 0.05) is 67.9 Å². The van der Waals surface area contributed by atoms with E-state index < -0.39 is 123 Å². The van der Waals surface area contributed by atoms with Crippen molar-refractivity contribution in [1.29, 1.82) is 0 Å². The highest BCUT2D eigenvalue weighted by atomic mass is 32.2. The number of benzene rings is 6. The van der Waals surface area contributed by atoms with Crippen LogP contribution >= 0.6 is 0 Å². The molecule has 4 aliphatic rings. The minimum Gasteiger partial charge on any atom is -0.497 e. The van der Waals surface area contributed by atoms with Gasteiger partial charge >= 0.3 is 23.9 Å². The van der Waals surface area contributed by atoms with Gasteiger partial charge in [-0.1, -0.05) is 117 Å². The predicted octanol–water partition coefficient (Wildman–Crippen LogP) is 8.69. The molecule has 3 aliphatic carbocycles. The lowest BCUT2D eigenvalue weighted by atomic mass is 9.44. The molecule has 11 rings (SSSR count). The van der Waals surface area contributed by atoms with Crippen LogP contribution in [0.4, 0.5) is 5.69 Å². The first-order chi connectivity index (χ1) is 44.7. The van der Waals surface area contributed by atoms with Crippen molar-refractivity contribution in [3.63, 3.8) is 0 Å². The fourth-order valence-electron chi connectivity index (χ4n) is 13.9. The van der Waals surface area contributed by atoms with E-state index in [2.05, 4.69) is 27.3 Å². The van der Waals surface area contributed by atoms with Gasteiger partial charge in [-0.25, -0.2) is 22.7 Å². The number of fused-ring (bicyclic) bond motifs is 7. The summed E-state index contributed by atoms with van der Waals surface area (Å²) >= 11 is 0. The topological polar surface area (TPSA) is 302 Å². The molecule has 1 saturated heterocycles. The summed E-state index contributed by atoms with van der Waals surface area (Å²) in [5, 5.41) is 46.7. The first-order valence-corrected chi connectivity index (χ1v) is 32.6. The molecule has 1 aliphatic heterocycles. The second-order valence-electron chi connectivity index (χ2n) is 25.2. The van der Waals surface area contributed by atoms with E-state index >= 15 is 4.79 Å². The average Bonchev–Trinajstić information content (AvgIpc) is 0.670. The third kappa shape index (κ3) is 13.3. The smallest absolute Gasteiger partial charge is 0.338 e. The summed E-state index contributed by atoms with van der Waals surface area (Å²) < 4.78 is 63.8. The van der Waals surface area contributed by atoms with Crippen LogP contribution in [0.2, 0.25) is 0 Å². The van der Waals surface area contributed by atoms with Crippen LogP contribution in [-0.2, 0) is 52.9 Å². The van der Waals surface area contributed by atoms with Crippen molar-refractivity contribution in [2.24, 2.45) is 16.7 Å². The second kappa shape index (κ2) is 27.6. The Kier molecular flexibility index (Phi) is 19.9. The number of carbonyl (C=O) groups is 6. The highest BCUT2D eigenvalue weighted by Gasteiger charge is 2.78. The van der Waals surface area contributed by atoms with Crippen LogP contribution in [0.25, 0.3) is 21.7 Å². The molecule has 494 valence electrons. The molecule has 21 nitrogen and oxygen atoms in total. The number of aromatic nitrogens is 1. The van der Waals surface area contributed by atoms with Crippen molar-refractivity contribution >= 4 is 73.0 Å². The summed E-state index contributed by atoms with van der Waals surface area (Å²) in [7, 11) is -1.90. The Hall–Kier alpha value is -8.90. The van der Waals surface area contributed by atoms with Crippen molar-refractivity contribution in [1.82, 2.24) is 15.0 Å². The number of aliphatic hydroxyl groups excluding tert-OH is 2. The fraction of sp³-hybridized carbons (Fsp3) is 0.375. The maximum Gasteiger partial charge on any atom is 0.338 e. The lowest BCUT2D eigenvalue weighted by Crippen LogP contribution is -2.82. The minimum absolute atomic E-state index is 0.00289. The zero-order valence-corrected chi connectivity index (χ0v) is 54.3. The molecule has 0 spiro atoms. The number of amides is 1. The maximum atomic E-state index is 15.5. The standard InChI is InChI=1S/C47H51NO14.C25H27N3O3S/c1-25-31(60-43(56)36(52)35(28-16-10-7-11-17-28)48-41(54)29-18-12-8-13-19-29)23-47(57)40(61-42(55)30-20-14-9-15-21-30)38-45(6,32(51)22-33-46(38,24-58-33)62-27(3)50)39(53)37(59-26(2)49)34(25)44(47,4)5;1-18(28-24-17-22(31-2)15-21-10-6-13-26-25(21)24)7-5-14-27-32(29,30)23-12-11-19-8-3-4-9-20(19)16-23/h7-21,31-33,35-38,40,51-52,57H,22-24H2,1-6H3,(H,48,54);3-4,6,8-13,15-18,27-28H,5,7,14H2,1-2H3/t31-,32-,33+,35-,36+,37+,38?,40-,45+,46-,47+;/m0./s1. The van der Waals surface area contributed by atoms with E-state index in [1.807, 2.05) is 54.6 Å². The van der Waals surface area contributed by atoms with Crippen LogP contribution < -0.4 is 20.1 Å². The quantitative estimate of drug-likeness (QED) is 0.0191. The second-order valence-corrected chi connectivity index (χ2v) is 27.0. The number of ether oxygens (including phenoxy) is 6. The summed E-state index contributed by atoms with van der Waals surface area (Å²) in [6, 6.07) is 43.8.